The molecular formula is C13H27NO. The van der Waals surface area contributed by atoms with Crippen LogP contribution in [-0.2, 0) is 4.74 Å². The van der Waals surface area contributed by atoms with Crippen LogP contribution in [0, 0.1) is 5.92 Å². The number of ether oxygens (including phenoxy) is 1. The Hall–Kier alpha value is -0.340. The van der Waals surface area contributed by atoms with Crippen LogP contribution < -0.4 is 5.32 Å². The van der Waals surface area contributed by atoms with Crippen molar-refractivity contribution in [1.29, 1.82) is 0 Å². The number of rotatable bonds is 9. The van der Waals surface area contributed by atoms with Crippen molar-refractivity contribution in [3.05, 3.63) is 12.2 Å². The third kappa shape index (κ3) is 9.95. The summed E-state index contributed by atoms with van der Waals surface area (Å²) in [5.74, 6) is 0.667. The molecule has 0 rings (SSSR count). The van der Waals surface area contributed by atoms with Crippen molar-refractivity contribution in [3.8, 4) is 0 Å². The van der Waals surface area contributed by atoms with E-state index in [0.29, 0.717) is 18.6 Å². The van der Waals surface area contributed by atoms with Crippen LogP contribution in [0.2, 0.25) is 0 Å². The van der Waals surface area contributed by atoms with Crippen molar-refractivity contribution in [1.82, 2.24) is 5.32 Å². The lowest BCUT2D eigenvalue weighted by Gasteiger charge is -2.13. The molecule has 0 saturated heterocycles. The van der Waals surface area contributed by atoms with Gasteiger partial charge in [0, 0.05) is 19.2 Å². The predicted molar refractivity (Wildman–Crippen MR) is 67.2 cm³/mol. The van der Waals surface area contributed by atoms with Gasteiger partial charge in [-0.05, 0) is 17.9 Å². The monoisotopic (exact) mass is 213 g/mol. The van der Waals surface area contributed by atoms with Crippen molar-refractivity contribution in [2.45, 2.75) is 46.6 Å². The zero-order chi connectivity index (χ0) is 11.7. The summed E-state index contributed by atoms with van der Waals surface area (Å²) in [5, 5.41) is 3.33. The van der Waals surface area contributed by atoms with E-state index in [1.54, 1.807) is 0 Å². The average molecular weight is 213 g/mol. The lowest BCUT2D eigenvalue weighted by molar-refractivity contribution is 0.119. The molecule has 1 unspecified atom stereocenters. The highest BCUT2D eigenvalue weighted by Gasteiger charge is 2.01. The van der Waals surface area contributed by atoms with E-state index in [0.717, 1.165) is 18.7 Å². The topological polar surface area (TPSA) is 21.3 Å². The minimum Gasteiger partial charge on any atom is -0.377 e. The molecule has 15 heavy (non-hydrogen) atoms. The Morgan fingerprint density at radius 1 is 1.33 bits per heavy atom. The largest absolute Gasteiger partial charge is 0.377 e. The third-order valence-corrected chi connectivity index (χ3v) is 2.25. The van der Waals surface area contributed by atoms with E-state index in [4.69, 9.17) is 4.74 Å². The van der Waals surface area contributed by atoms with Gasteiger partial charge in [-0.15, -0.1) is 0 Å². The standard InChI is InChI=1S/C13H27NO/c1-6-7-12(4)9-15-10-13(5)8-14-11(2)3/h11-12,14H,5-10H2,1-4H3. The number of hydrogen-bond donors (Lipinski definition) is 1. The smallest absolute Gasteiger partial charge is 0.0686 e. The van der Waals surface area contributed by atoms with Crippen LogP contribution in [0.1, 0.15) is 40.5 Å². The Labute approximate surface area is 95.1 Å². The Morgan fingerprint density at radius 2 is 2.00 bits per heavy atom. The lowest BCUT2D eigenvalue weighted by atomic mass is 10.1. The maximum absolute atomic E-state index is 5.60. The van der Waals surface area contributed by atoms with Gasteiger partial charge in [0.1, 0.15) is 0 Å². The van der Waals surface area contributed by atoms with Crippen molar-refractivity contribution in [2.24, 2.45) is 5.92 Å². The van der Waals surface area contributed by atoms with Gasteiger partial charge in [-0.1, -0.05) is 40.7 Å². The Kier molecular flexibility index (Phi) is 8.73. The molecule has 1 N–H and O–H groups in total. The molecule has 0 aromatic rings. The molecule has 0 aromatic carbocycles. The molecule has 0 bridgehead atoms. The van der Waals surface area contributed by atoms with E-state index < -0.39 is 0 Å². The van der Waals surface area contributed by atoms with Gasteiger partial charge >= 0.3 is 0 Å². The van der Waals surface area contributed by atoms with Gasteiger partial charge in [0.25, 0.3) is 0 Å². The molecule has 0 aromatic heterocycles. The Morgan fingerprint density at radius 3 is 2.53 bits per heavy atom. The van der Waals surface area contributed by atoms with Gasteiger partial charge in [0.2, 0.25) is 0 Å². The first kappa shape index (κ1) is 14.7. The van der Waals surface area contributed by atoms with Gasteiger partial charge in [0.05, 0.1) is 6.61 Å². The molecule has 0 radical (unpaired) electrons. The second-order valence-corrected chi connectivity index (χ2v) is 4.69. The SMILES string of the molecule is C=C(CNC(C)C)COCC(C)CCC. The van der Waals surface area contributed by atoms with Gasteiger partial charge in [0.15, 0.2) is 0 Å². The van der Waals surface area contributed by atoms with E-state index in [-0.39, 0.29) is 0 Å². The van der Waals surface area contributed by atoms with Gasteiger partial charge in [-0.3, -0.25) is 0 Å². The molecule has 0 amide bonds. The summed E-state index contributed by atoms with van der Waals surface area (Å²) in [6.07, 6.45) is 2.48. The van der Waals surface area contributed by atoms with E-state index in [2.05, 4.69) is 39.6 Å². The highest BCUT2D eigenvalue weighted by atomic mass is 16.5. The van der Waals surface area contributed by atoms with Crippen molar-refractivity contribution < 1.29 is 4.74 Å². The number of nitrogens with one attached hydrogen (secondary N) is 1. The normalized spacial score (nSPS) is 13.1. The van der Waals surface area contributed by atoms with Crippen LogP contribution >= 0.6 is 0 Å². The molecule has 0 aliphatic heterocycles. The summed E-state index contributed by atoms with van der Waals surface area (Å²) < 4.78 is 5.60. The fourth-order valence-electron chi connectivity index (χ4n) is 1.38. The molecule has 2 nitrogen and oxygen atoms in total. The summed E-state index contributed by atoms with van der Waals surface area (Å²) in [6.45, 7) is 15.1. The van der Waals surface area contributed by atoms with E-state index in [1.165, 1.54) is 12.8 Å². The quantitative estimate of drug-likeness (QED) is 0.595. The first-order valence-electron chi connectivity index (χ1n) is 6.04. The average Bonchev–Trinajstić information content (AvgIpc) is 2.15. The van der Waals surface area contributed by atoms with Crippen LogP contribution in [0.25, 0.3) is 0 Å². The van der Waals surface area contributed by atoms with Crippen LogP contribution in [0.5, 0.6) is 0 Å². The van der Waals surface area contributed by atoms with Crippen molar-refractivity contribution in [2.75, 3.05) is 19.8 Å². The van der Waals surface area contributed by atoms with Crippen molar-refractivity contribution in [3.63, 3.8) is 0 Å². The zero-order valence-corrected chi connectivity index (χ0v) is 10.8. The lowest BCUT2D eigenvalue weighted by Crippen LogP contribution is -2.26. The van der Waals surface area contributed by atoms with E-state index in [9.17, 15) is 0 Å². The predicted octanol–water partition coefficient (Wildman–Crippen LogP) is 2.99. The first-order valence-corrected chi connectivity index (χ1v) is 6.04. The molecular weight excluding hydrogens is 186 g/mol. The van der Waals surface area contributed by atoms with Crippen LogP contribution in [0.4, 0.5) is 0 Å². The maximum Gasteiger partial charge on any atom is 0.0686 e. The van der Waals surface area contributed by atoms with Crippen molar-refractivity contribution >= 4 is 0 Å². The highest BCUT2D eigenvalue weighted by molar-refractivity contribution is 4.97. The van der Waals surface area contributed by atoms with Gasteiger partial charge < -0.3 is 10.1 Å². The third-order valence-electron chi connectivity index (χ3n) is 2.25. The molecule has 0 aliphatic carbocycles. The summed E-state index contributed by atoms with van der Waals surface area (Å²) in [6, 6.07) is 0.515. The van der Waals surface area contributed by atoms with Gasteiger partial charge in [-0.25, -0.2) is 0 Å². The molecule has 0 fully saturated rings. The number of hydrogen-bond acceptors (Lipinski definition) is 2. The fraction of sp³-hybridized carbons (Fsp3) is 0.846. The minimum atomic E-state index is 0.515. The zero-order valence-electron chi connectivity index (χ0n) is 10.8. The molecule has 1 atom stereocenters. The Balaban J connectivity index is 3.38. The fourth-order valence-corrected chi connectivity index (χ4v) is 1.38. The van der Waals surface area contributed by atoms with Crippen LogP contribution in [0.3, 0.4) is 0 Å². The summed E-state index contributed by atoms with van der Waals surface area (Å²) in [7, 11) is 0. The summed E-state index contributed by atoms with van der Waals surface area (Å²) in [5.41, 5.74) is 1.13. The second-order valence-electron chi connectivity index (χ2n) is 4.69. The van der Waals surface area contributed by atoms with Gasteiger partial charge in [-0.2, -0.15) is 0 Å². The van der Waals surface area contributed by atoms with E-state index in [1.807, 2.05) is 0 Å². The summed E-state index contributed by atoms with van der Waals surface area (Å²) >= 11 is 0. The molecule has 0 heterocycles. The minimum absolute atomic E-state index is 0.515. The Bertz CT molecular complexity index is 166. The highest BCUT2D eigenvalue weighted by Crippen LogP contribution is 2.05. The molecule has 0 spiro atoms. The molecule has 0 aliphatic rings. The maximum atomic E-state index is 5.60. The molecule has 0 saturated carbocycles. The molecule has 2 heteroatoms. The first-order chi connectivity index (χ1) is 7.06. The van der Waals surface area contributed by atoms with E-state index >= 15 is 0 Å². The van der Waals surface area contributed by atoms with Crippen LogP contribution in [0.15, 0.2) is 12.2 Å². The van der Waals surface area contributed by atoms with Crippen LogP contribution in [-0.4, -0.2) is 25.8 Å². The second kappa shape index (κ2) is 8.93. The summed E-state index contributed by atoms with van der Waals surface area (Å²) in [4.78, 5) is 0. The molecule has 90 valence electrons.